The summed E-state index contributed by atoms with van der Waals surface area (Å²) >= 11 is 0. The van der Waals surface area contributed by atoms with Crippen LogP contribution in [0.25, 0.3) is 0 Å². The van der Waals surface area contributed by atoms with Gasteiger partial charge in [-0.05, 0) is 42.5 Å². The Balaban J connectivity index is 1.39. The summed E-state index contributed by atoms with van der Waals surface area (Å²) in [6, 6.07) is 23.5. The molecule has 0 aliphatic carbocycles. The summed E-state index contributed by atoms with van der Waals surface area (Å²) in [7, 11) is 0. The number of nitrogens with one attached hydrogen (secondary N) is 1. The first-order valence-corrected chi connectivity index (χ1v) is 13.3. The molecule has 1 atom stereocenters. The van der Waals surface area contributed by atoms with Crippen molar-refractivity contribution in [1.29, 1.82) is 0 Å². The minimum atomic E-state index is -0.160. The normalized spacial score (nSPS) is 15.4. The molecule has 2 amide bonds. The number of carbonyl (C=O) groups excluding carboxylic acids is 2. The summed E-state index contributed by atoms with van der Waals surface area (Å²) in [4.78, 5) is 34.2. The van der Waals surface area contributed by atoms with E-state index in [2.05, 4.69) is 10.3 Å². The van der Waals surface area contributed by atoms with E-state index in [1.807, 2.05) is 71.6 Å². The van der Waals surface area contributed by atoms with E-state index in [0.29, 0.717) is 37.8 Å². The molecular formula is C30H37N5O3. The average Bonchev–Trinajstić information content (AvgIpc) is 3.17. The molecule has 0 bridgehead atoms. The number of nitrogens with two attached hydrogens (primary N) is 1. The van der Waals surface area contributed by atoms with Crippen LogP contribution in [-0.4, -0.2) is 60.5 Å². The van der Waals surface area contributed by atoms with Gasteiger partial charge < -0.3 is 25.6 Å². The number of anilines is 1. The smallest absolute Gasteiger partial charge is 0.242 e. The number of nitrogens with zero attached hydrogens (tertiary/aromatic N) is 3. The highest BCUT2D eigenvalue weighted by atomic mass is 16.5. The van der Waals surface area contributed by atoms with Crippen LogP contribution in [0.4, 0.5) is 5.82 Å². The minimum absolute atomic E-state index is 0.0182. The maximum Gasteiger partial charge on any atom is 0.242 e. The first-order valence-electron chi connectivity index (χ1n) is 13.3. The Morgan fingerprint density at radius 1 is 0.974 bits per heavy atom. The molecule has 0 saturated carbocycles. The predicted octanol–water partition coefficient (Wildman–Crippen LogP) is 3.17. The van der Waals surface area contributed by atoms with E-state index in [0.717, 1.165) is 36.8 Å². The first kappa shape index (κ1) is 27.1. The van der Waals surface area contributed by atoms with Crippen LogP contribution in [0.3, 0.4) is 0 Å². The molecule has 1 fully saturated rings. The highest BCUT2D eigenvalue weighted by molar-refractivity contribution is 5.86. The molecular weight excluding hydrogens is 478 g/mol. The van der Waals surface area contributed by atoms with Crippen molar-refractivity contribution in [2.45, 2.75) is 38.3 Å². The molecule has 38 heavy (non-hydrogen) atoms. The molecule has 1 aromatic heterocycles. The quantitative estimate of drug-likeness (QED) is 0.407. The van der Waals surface area contributed by atoms with E-state index in [9.17, 15) is 9.59 Å². The monoisotopic (exact) mass is 515 g/mol. The van der Waals surface area contributed by atoms with Crippen molar-refractivity contribution in [3.63, 3.8) is 0 Å². The second-order valence-electron chi connectivity index (χ2n) is 9.66. The molecule has 200 valence electrons. The minimum Gasteiger partial charge on any atom is -0.487 e. The second kappa shape index (κ2) is 14.1. The second-order valence-corrected chi connectivity index (χ2v) is 9.66. The molecule has 1 unspecified atom stereocenters. The van der Waals surface area contributed by atoms with Gasteiger partial charge in [-0.25, -0.2) is 4.98 Å². The van der Waals surface area contributed by atoms with Crippen molar-refractivity contribution >= 4 is 17.6 Å². The molecule has 4 rings (SSSR count). The van der Waals surface area contributed by atoms with Crippen molar-refractivity contribution in [3.8, 4) is 5.75 Å². The standard InChI is InChI=1S/C30H37N5O3/c31-26-13-7-8-18-34(20-26)30(37)22-35(21-29(36)32-17-16-24-9-3-1-4-10-24)28-15-14-27(19-33-28)38-23-25-11-5-2-6-12-25/h1-6,9-12,14-15,19,26H,7-8,13,16-18,20-23,31H2,(H,32,36). The van der Waals surface area contributed by atoms with Crippen LogP contribution in [0.15, 0.2) is 79.0 Å². The highest BCUT2D eigenvalue weighted by Crippen LogP contribution is 2.18. The fourth-order valence-electron chi connectivity index (χ4n) is 4.49. The molecule has 8 nitrogen and oxygen atoms in total. The van der Waals surface area contributed by atoms with Gasteiger partial charge in [-0.1, -0.05) is 67.1 Å². The summed E-state index contributed by atoms with van der Waals surface area (Å²) in [5.74, 6) is 0.954. The molecule has 8 heteroatoms. The van der Waals surface area contributed by atoms with E-state index in [1.165, 1.54) is 0 Å². The zero-order valence-electron chi connectivity index (χ0n) is 21.8. The largest absolute Gasteiger partial charge is 0.487 e. The van der Waals surface area contributed by atoms with Gasteiger partial charge in [0.25, 0.3) is 0 Å². The Kier molecular flexibility index (Phi) is 10.1. The van der Waals surface area contributed by atoms with E-state index >= 15 is 0 Å². The van der Waals surface area contributed by atoms with Crippen LogP contribution >= 0.6 is 0 Å². The molecule has 0 radical (unpaired) electrons. The van der Waals surface area contributed by atoms with Crippen molar-refractivity contribution < 1.29 is 14.3 Å². The van der Waals surface area contributed by atoms with Gasteiger partial charge >= 0.3 is 0 Å². The van der Waals surface area contributed by atoms with Crippen molar-refractivity contribution in [3.05, 3.63) is 90.1 Å². The Morgan fingerprint density at radius 2 is 1.71 bits per heavy atom. The van der Waals surface area contributed by atoms with E-state index < -0.39 is 0 Å². The summed E-state index contributed by atoms with van der Waals surface area (Å²) in [5, 5.41) is 2.97. The van der Waals surface area contributed by atoms with Crippen molar-refractivity contribution in [1.82, 2.24) is 15.2 Å². The Labute approximate surface area is 224 Å². The van der Waals surface area contributed by atoms with Crippen LogP contribution in [0.1, 0.15) is 30.4 Å². The van der Waals surface area contributed by atoms with Gasteiger partial charge in [0.1, 0.15) is 18.2 Å². The zero-order chi connectivity index (χ0) is 26.6. The number of ether oxygens (including phenoxy) is 1. The third kappa shape index (κ3) is 8.59. The van der Waals surface area contributed by atoms with Crippen LogP contribution in [0.5, 0.6) is 5.75 Å². The number of amides is 2. The van der Waals surface area contributed by atoms with Gasteiger partial charge in [-0.2, -0.15) is 0 Å². The Bertz CT molecular complexity index is 1140. The third-order valence-electron chi connectivity index (χ3n) is 6.59. The van der Waals surface area contributed by atoms with E-state index in [1.54, 1.807) is 17.2 Å². The van der Waals surface area contributed by atoms with Gasteiger partial charge in [-0.15, -0.1) is 0 Å². The number of rotatable bonds is 11. The van der Waals surface area contributed by atoms with Crippen molar-refractivity contribution in [2.24, 2.45) is 5.73 Å². The molecule has 2 aromatic carbocycles. The maximum absolute atomic E-state index is 13.2. The number of hydrogen-bond acceptors (Lipinski definition) is 6. The summed E-state index contributed by atoms with van der Waals surface area (Å²) in [6.45, 7) is 2.25. The number of pyridine rings is 1. The molecule has 1 aliphatic heterocycles. The average molecular weight is 516 g/mol. The van der Waals surface area contributed by atoms with Crippen LogP contribution in [-0.2, 0) is 22.6 Å². The zero-order valence-corrected chi connectivity index (χ0v) is 21.8. The number of aromatic nitrogens is 1. The molecule has 3 N–H and O–H groups in total. The summed E-state index contributed by atoms with van der Waals surface area (Å²) < 4.78 is 5.86. The van der Waals surface area contributed by atoms with Crippen LogP contribution < -0.4 is 20.7 Å². The number of carbonyl (C=O) groups is 2. The third-order valence-corrected chi connectivity index (χ3v) is 6.59. The molecule has 1 aliphatic rings. The van der Waals surface area contributed by atoms with Gasteiger partial charge in [0.15, 0.2) is 0 Å². The lowest BCUT2D eigenvalue weighted by Gasteiger charge is -2.28. The van der Waals surface area contributed by atoms with Gasteiger partial charge in [-0.3, -0.25) is 9.59 Å². The lowest BCUT2D eigenvalue weighted by molar-refractivity contribution is -0.129. The number of hydrogen-bond donors (Lipinski definition) is 2. The topological polar surface area (TPSA) is 101 Å². The number of benzene rings is 2. The lowest BCUT2D eigenvalue weighted by atomic mass is 10.1. The lowest BCUT2D eigenvalue weighted by Crippen LogP contribution is -2.47. The molecule has 2 heterocycles. The fraction of sp³-hybridized carbons (Fsp3) is 0.367. The number of likely N-dealkylation sites (tertiary alicyclic amines) is 1. The van der Waals surface area contributed by atoms with Gasteiger partial charge in [0.05, 0.1) is 19.3 Å². The van der Waals surface area contributed by atoms with Crippen molar-refractivity contribution in [2.75, 3.05) is 37.6 Å². The van der Waals surface area contributed by atoms with E-state index in [-0.39, 0.29) is 30.9 Å². The van der Waals surface area contributed by atoms with Crippen LogP contribution in [0.2, 0.25) is 0 Å². The fourth-order valence-corrected chi connectivity index (χ4v) is 4.49. The predicted molar refractivity (Wildman–Crippen MR) is 149 cm³/mol. The highest BCUT2D eigenvalue weighted by Gasteiger charge is 2.23. The molecule has 1 saturated heterocycles. The summed E-state index contributed by atoms with van der Waals surface area (Å²) in [6.07, 6.45) is 5.24. The van der Waals surface area contributed by atoms with Gasteiger partial charge in [0.2, 0.25) is 11.8 Å². The van der Waals surface area contributed by atoms with Gasteiger partial charge in [0, 0.05) is 25.7 Å². The molecule has 3 aromatic rings. The maximum atomic E-state index is 13.2. The van der Waals surface area contributed by atoms with E-state index in [4.69, 9.17) is 10.5 Å². The Morgan fingerprint density at radius 3 is 2.42 bits per heavy atom. The Hall–Kier alpha value is -3.91. The molecule has 0 spiro atoms. The first-order chi connectivity index (χ1) is 18.6. The summed E-state index contributed by atoms with van der Waals surface area (Å²) in [5.41, 5.74) is 8.40. The van der Waals surface area contributed by atoms with Crippen LogP contribution in [0, 0.1) is 0 Å². The SMILES string of the molecule is NC1CCCCN(C(=O)CN(CC(=O)NCCc2ccccc2)c2ccc(OCc3ccccc3)cn2)C1.